The molecule has 4 atom stereocenters. The van der Waals surface area contributed by atoms with Gasteiger partial charge in [0.05, 0.1) is 19.8 Å². The first-order valence-corrected chi connectivity index (χ1v) is 4.39. The molecule has 0 heterocycles. The van der Waals surface area contributed by atoms with E-state index in [2.05, 4.69) is 0 Å². The van der Waals surface area contributed by atoms with E-state index in [-0.39, 0.29) is 12.9 Å². The minimum atomic E-state index is -1.57. The molecule has 0 saturated heterocycles. The largest absolute Gasteiger partial charge is 0.394 e. The second-order valence-electron chi connectivity index (χ2n) is 3.01. The number of aldehydes is 1. The Kier molecular flexibility index (Phi) is 7.39. The van der Waals surface area contributed by atoms with Crippen LogP contribution in [0.1, 0.15) is 0 Å². The van der Waals surface area contributed by atoms with Gasteiger partial charge in [-0.1, -0.05) is 0 Å². The number of aliphatic hydroxyl groups excluding tert-OH is 5. The Morgan fingerprint density at radius 1 is 1.13 bits per heavy atom. The lowest BCUT2D eigenvalue weighted by Gasteiger charge is -2.22. The maximum absolute atomic E-state index is 10.4. The van der Waals surface area contributed by atoms with Crippen molar-refractivity contribution < 1.29 is 35.1 Å². The van der Waals surface area contributed by atoms with Crippen LogP contribution in [0.3, 0.4) is 0 Å². The van der Waals surface area contributed by atoms with Crippen molar-refractivity contribution in [2.45, 2.75) is 24.4 Å². The van der Waals surface area contributed by atoms with Crippen molar-refractivity contribution in [2.24, 2.45) is 0 Å². The molecule has 7 heteroatoms. The SMILES string of the molecule is O=C[C@@H](OCC(O)CO)[C@H](O)[C@H](O)CO. The quantitative estimate of drug-likeness (QED) is 0.272. The van der Waals surface area contributed by atoms with Crippen LogP contribution in [0.4, 0.5) is 0 Å². The lowest BCUT2D eigenvalue weighted by atomic mass is 10.1. The van der Waals surface area contributed by atoms with Crippen molar-refractivity contribution in [3.63, 3.8) is 0 Å². The molecular weight excluding hydrogens is 208 g/mol. The third-order valence-electron chi connectivity index (χ3n) is 1.74. The molecule has 0 amide bonds. The molecule has 0 spiro atoms. The maximum atomic E-state index is 10.4. The molecule has 0 radical (unpaired) electrons. The van der Waals surface area contributed by atoms with E-state index >= 15 is 0 Å². The van der Waals surface area contributed by atoms with Gasteiger partial charge in [0.25, 0.3) is 0 Å². The van der Waals surface area contributed by atoms with Gasteiger partial charge in [-0.05, 0) is 0 Å². The Labute approximate surface area is 86.5 Å². The number of rotatable bonds is 8. The fraction of sp³-hybridized carbons (Fsp3) is 0.875. The third-order valence-corrected chi connectivity index (χ3v) is 1.74. The summed E-state index contributed by atoms with van der Waals surface area (Å²) in [7, 11) is 0. The van der Waals surface area contributed by atoms with Gasteiger partial charge >= 0.3 is 0 Å². The van der Waals surface area contributed by atoms with Crippen molar-refractivity contribution in [2.75, 3.05) is 19.8 Å². The number of aliphatic hydroxyl groups is 5. The molecule has 0 aromatic carbocycles. The Morgan fingerprint density at radius 2 is 1.73 bits per heavy atom. The van der Waals surface area contributed by atoms with E-state index in [9.17, 15) is 9.90 Å². The maximum Gasteiger partial charge on any atom is 0.151 e. The summed E-state index contributed by atoms with van der Waals surface area (Å²) in [6, 6.07) is 0. The highest BCUT2D eigenvalue weighted by Gasteiger charge is 2.26. The predicted octanol–water partition coefficient (Wildman–Crippen LogP) is -3.36. The van der Waals surface area contributed by atoms with E-state index in [1.165, 1.54) is 0 Å². The lowest BCUT2D eigenvalue weighted by molar-refractivity contribution is -0.141. The first kappa shape index (κ1) is 14.4. The normalized spacial score (nSPS) is 19.3. The van der Waals surface area contributed by atoms with Crippen LogP contribution in [0.25, 0.3) is 0 Å². The summed E-state index contributed by atoms with van der Waals surface area (Å²) in [5.74, 6) is 0. The number of hydrogen-bond donors (Lipinski definition) is 5. The van der Waals surface area contributed by atoms with Crippen molar-refractivity contribution in [3.05, 3.63) is 0 Å². The van der Waals surface area contributed by atoms with E-state index < -0.39 is 37.6 Å². The summed E-state index contributed by atoms with van der Waals surface area (Å²) in [5.41, 5.74) is 0. The summed E-state index contributed by atoms with van der Waals surface area (Å²) in [6.45, 7) is -1.60. The van der Waals surface area contributed by atoms with Gasteiger partial charge < -0.3 is 35.1 Å². The fourth-order valence-electron chi connectivity index (χ4n) is 0.820. The fourth-order valence-corrected chi connectivity index (χ4v) is 0.820. The zero-order chi connectivity index (χ0) is 11.8. The van der Waals surface area contributed by atoms with E-state index in [1.54, 1.807) is 0 Å². The third kappa shape index (κ3) is 5.17. The number of hydrogen-bond acceptors (Lipinski definition) is 7. The zero-order valence-corrected chi connectivity index (χ0v) is 8.06. The van der Waals surface area contributed by atoms with Crippen LogP contribution >= 0.6 is 0 Å². The monoisotopic (exact) mass is 224 g/mol. The molecule has 15 heavy (non-hydrogen) atoms. The molecule has 0 aromatic rings. The summed E-state index contributed by atoms with van der Waals surface area (Å²) in [4.78, 5) is 10.4. The topological polar surface area (TPSA) is 127 Å². The summed E-state index contributed by atoms with van der Waals surface area (Å²) < 4.78 is 4.73. The van der Waals surface area contributed by atoms with Crippen LogP contribution in [0, 0.1) is 0 Å². The molecular formula is C8H16O7. The van der Waals surface area contributed by atoms with Crippen LogP contribution in [-0.4, -0.2) is 76.1 Å². The van der Waals surface area contributed by atoms with Crippen molar-refractivity contribution in [1.29, 1.82) is 0 Å². The summed E-state index contributed by atoms with van der Waals surface area (Å²) in [5, 5.41) is 44.1. The molecule has 0 bridgehead atoms. The Hall–Kier alpha value is -0.570. The van der Waals surface area contributed by atoms with E-state index in [0.29, 0.717) is 0 Å². The second kappa shape index (κ2) is 7.69. The molecule has 7 nitrogen and oxygen atoms in total. The number of carbonyl (C=O) groups excluding carboxylic acids is 1. The molecule has 90 valence electrons. The highest BCUT2D eigenvalue weighted by atomic mass is 16.5. The van der Waals surface area contributed by atoms with E-state index in [0.717, 1.165) is 0 Å². The molecule has 1 unspecified atom stereocenters. The van der Waals surface area contributed by atoms with Gasteiger partial charge in [0.1, 0.15) is 24.4 Å². The molecule has 0 aliphatic carbocycles. The summed E-state index contributed by atoms with van der Waals surface area (Å²) in [6.07, 6.45) is -5.34. The molecule has 0 saturated carbocycles. The van der Waals surface area contributed by atoms with Crippen LogP contribution in [0.2, 0.25) is 0 Å². The van der Waals surface area contributed by atoms with Crippen LogP contribution in [-0.2, 0) is 9.53 Å². The molecule has 0 fully saturated rings. The number of carbonyl (C=O) groups is 1. The first-order chi connectivity index (χ1) is 7.06. The predicted molar refractivity (Wildman–Crippen MR) is 48.0 cm³/mol. The van der Waals surface area contributed by atoms with Gasteiger partial charge in [-0.2, -0.15) is 0 Å². The smallest absolute Gasteiger partial charge is 0.151 e. The van der Waals surface area contributed by atoms with Crippen molar-refractivity contribution in [1.82, 2.24) is 0 Å². The van der Waals surface area contributed by atoms with Gasteiger partial charge in [0, 0.05) is 0 Å². The molecule has 0 aliphatic heterocycles. The Bertz CT molecular complexity index is 174. The van der Waals surface area contributed by atoms with Gasteiger partial charge in [-0.15, -0.1) is 0 Å². The average Bonchev–Trinajstić information content (AvgIpc) is 2.27. The molecule has 0 rings (SSSR count). The first-order valence-electron chi connectivity index (χ1n) is 4.39. The number of ether oxygens (including phenoxy) is 1. The van der Waals surface area contributed by atoms with Gasteiger partial charge in [0.15, 0.2) is 6.29 Å². The van der Waals surface area contributed by atoms with E-state index in [4.69, 9.17) is 25.2 Å². The van der Waals surface area contributed by atoms with Crippen molar-refractivity contribution >= 4 is 6.29 Å². The highest BCUT2D eigenvalue weighted by Crippen LogP contribution is 2.03. The second-order valence-corrected chi connectivity index (χ2v) is 3.01. The molecule has 5 N–H and O–H groups in total. The Morgan fingerprint density at radius 3 is 2.13 bits per heavy atom. The van der Waals surface area contributed by atoms with Crippen LogP contribution in [0.15, 0.2) is 0 Å². The standard InChI is InChI=1S/C8H16O7/c9-1-5(12)4-15-7(3-11)8(14)6(13)2-10/h3,5-10,12-14H,1-2,4H2/t5?,6-,7-,8-/m1/s1. The summed E-state index contributed by atoms with van der Waals surface area (Å²) >= 11 is 0. The minimum absolute atomic E-state index is 0.244. The minimum Gasteiger partial charge on any atom is -0.394 e. The van der Waals surface area contributed by atoms with Gasteiger partial charge in [-0.3, -0.25) is 0 Å². The lowest BCUT2D eigenvalue weighted by Crippen LogP contribution is -2.43. The Balaban J connectivity index is 4.06. The van der Waals surface area contributed by atoms with Crippen molar-refractivity contribution in [3.8, 4) is 0 Å². The van der Waals surface area contributed by atoms with E-state index in [1.807, 2.05) is 0 Å². The molecule has 0 aliphatic rings. The van der Waals surface area contributed by atoms with Gasteiger partial charge in [0.2, 0.25) is 0 Å². The van der Waals surface area contributed by atoms with Gasteiger partial charge in [-0.25, -0.2) is 0 Å². The average molecular weight is 224 g/mol. The zero-order valence-electron chi connectivity index (χ0n) is 8.06. The van der Waals surface area contributed by atoms with Crippen LogP contribution in [0.5, 0.6) is 0 Å². The highest BCUT2D eigenvalue weighted by molar-refractivity contribution is 5.57. The van der Waals surface area contributed by atoms with Crippen LogP contribution < -0.4 is 0 Å². The molecule has 0 aromatic heterocycles.